The zero-order valence-corrected chi connectivity index (χ0v) is 16.6. The summed E-state index contributed by atoms with van der Waals surface area (Å²) in [6.45, 7) is 11.1. The summed E-state index contributed by atoms with van der Waals surface area (Å²) in [6, 6.07) is 4.50. The van der Waals surface area contributed by atoms with Gasteiger partial charge in [0, 0.05) is 43.5 Å². The number of anilines is 1. The van der Waals surface area contributed by atoms with Crippen molar-refractivity contribution < 1.29 is 0 Å². The first-order valence-corrected chi connectivity index (χ1v) is 9.27. The van der Waals surface area contributed by atoms with Crippen LogP contribution in [0.15, 0.2) is 24.5 Å². The first-order valence-electron chi connectivity index (χ1n) is 9.27. The lowest BCUT2D eigenvalue weighted by Gasteiger charge is -2.44. The van der Waals surface area contributed by atoms with Gasteiger partial charge >= 0.3 is 0 Å². The molecule has 0 aromatic carbocycles. The van der Waals surface area contributed by atoms with Crippen molar-refractivity contribution in [1.82, 2.24) is 34.7 Å². The molecule has 1 fully saturated rings. The van der Waals surface area contributed by atoms with E-state index in [1.165, 1.54) is 0 Å². The van der Waals surface area contributed by atoms with Crippen molar-refractivity contribution in [1.29, 1.82) is 0 Å². The van der Waals surface area contributed by atoms with E-state index in [1.807, 2.05) is 23.6 Å². The van der Waals surface area contributed by atoms with Gasteiger partial charge < -0.3 is 4.90 Å². The molecule has 1 aliphatic rings. The quantitative estimate of drug-likeness (QED) is 0.697. The molecule has 4 heterocycles. The van der Waals surface area contributed by atoms with Gasteiger partial charge in [0.25, 0.3) is 0 Å². The number of aromatic nitrogens is 6. The fraction of sp³-hybridized carbons (Fsp3) is 0.526. The first kappa shape index (κ1) is 17.8. The normalized spacial score (nSPS) is 15.6. The standard InChI is InChI=1S/C19H26N8/c1-13-15(21-9-8-20-13)12-25(5)14-10-26(11-14)17-7-6-16-22-23-18(19(2,3)4)27(16)24-17/h6-9,14H,10-12H2,1-5H3. The van der Waals surface area contributed by atoms with E-state index in [2.05, 4.69) is 57.8 Å². The number of hydrogen-bond donors (Lipinski definition) is 0. The fourth-order valence-electron chi connectivity index (χ4n) is 3.29. The van der Waals surface area contributed by atoms with Gasteiger partial charge in [0.05, 0.1) is 11.4 Å². The van der Waals surface area contributed by atoms with Gasteiger partial charge in [-0.1, -0.05) is 20.8 Å². The van der Waals surface area contributed by atoms with E-state index in [0.29, 0.717) is 6.04 Å². The molecule has 0 unspecified atom stereocenters. The highest BCUT2D eigenvalue weighted by Crippen LogP contribution is 2.25. The summed E-state index contributed by atoms with van der Waals surface area (Å²) in [5.74, 6) is 1.85. The molecule has 0 bridgehead atoms. The van der Waals surface area contributed by atoms with E-state index in [0.717, 1.165) is 48.3 Å². The van der Waals surface area contributed by atoms with Crippen LogP contribution in [0.5, 0.6) is 0 Å². The highest BCUT2D eigenvalue weighted by Gasteiger charge is 2.32. The minimum Gasteiger partial charge on any atom is -0.352 e. The molecule has 3 aromatic rings. The predicted octanol–water partition coefficient (Wildman–Crippen LogP) is 1.84. The Morgan fingerprint density at radius 3 is 2.56 bits per heavy atom. The molecule has 1 saturated heterocycles. The van der Waals surface area contributed by atoms with Crippen LogP contribution >= 0.6 is 0 Å². The van der Waals surface area contributed by atoms with Gasteiger partial charge in [-0.15, -0.1) is 15.3 Å². The van der Waals surface area contributed by atoms with E-state index in [4.69, 9.17) is 5.10 Å². The zero-order chi connectivity index (χ0) is 19.2. The van der Waals surface area contributed by atoms with Gasteiger partial charge in [-0.2, -0.15) is 4.52 Å². The number of aryl methyl sites for hydroxylation is 1. The summed E-state index contributed by atoms with van der Waals surface area (Å²) in [5, 5.41) is 13.4. The maximum Gasteiger partial charge on any atom is 0.178 e. The lowest BCUT2D eigenvalue weighted by Crippen LogP contribution is -2.58. The van der Waals surface area contributed by atoms with Crippen molar-refractivity contribution in [3.63, 3.8) is 0 Å². The maximum absolute atomic E-state index is 4.79. The van der Waals surface area contributed by atoms with Gasteiger partial charge in [0.2, 0.25) is 0 Å². The van der Waals surface area contributed by atoms with Crippen LogP contribution < -0.4 is 4.90 Å². The number of nitrogens with zero attached hydrogens (tertiary/aromatic N) is 8. The highest BCUT2D eigenvalue weighted by atomic mass is 15.4. The third kappa shape index (κ3) is 3.37. The van der Waals surface area contributed by atoms with Gasteiger partial charge in [-0.3, -0.25) is 14.9 Å². The van der Waals surface area contributed by atoms with E-state index < -0.39 is 0 Å². The van der Waals surface area contributed by atoms with Crippen LogP contribution in [-0.2, 0) is 12.0 Å². The molecule has 142 valence electrons. The first-order chi connectivity index (χ1) is 12.8. The molecular formula is C19H26N8. The van der Waals surface area contributed by atoms with Crippen molar-refractivity contribution in [2.75, 3.05) is 25.0 Å². The Labute approximate surface area is 159 Å². The molecule has 0 amide bonds. The molecule has 27 heavy (non-hydrogen) atoms. The molecule has 0 spiro atoms. The van der Waals surface area contributed by atoms with Gasteiger partial charge in [-0.25, -0.2) is 0 Å². The molecule has 3 aromatic heterocycles. The fourth-order valence-corrected chi connectivity index (χ4v) is 3.29. The van der Waals surface area contributed by atoms with Crippen molar-refractivity contribution in [2.45, 2.75) is 45.7 Å². The summed E-state index contributed by atoms with van der Waals surface area (Å²) in [7, 11) is 2.14. The lowest BCUT2D eigenvalue weighted by atomic mass is 9.96. The number of likely N-dealkylation sites (N-methyl/N-ethyl adjacent to an activating group) is 1. The van der Waals surface area contributed by atoms with Crippen molar-refractivity contribution in [2.24, 2.45) is 0 Å². The van der Waals surface area contributed by atoms with Crippen LogP contribution in [0, 0.1) is 6.92 Å². The smallest absolute Gasteiger partial charge is 0.178 e. The lowest BCUT2D eigenvalue weighted by molar-refractivity contribution is 0.194. The Balaban J connectivity index is 1.45. The zero-order valence-electron chi connectivity index (χ0n) is 16.6. The van der Waals surface area contributed by atoms with Crippen LogP contribution in [0.1, 0.15) is 38.0 Å². The number of hydrogen-bond acceptors (Lipinski definition) is 7. The minimum absolute atomic E-state index is 0.0999. The van der Waals surface area contributed by atoms with Gasteiger partial charge in [0.15, 0.2) is 11.5 Å². The van der Waals surface area contributed by atoms with Gasteiger partial charge in [0.1, 0.15) is 5.82 Å². The summed E-state index contributed by atoms with van der Waals surface area (Å²) in [4.78, 5) is 13.4. The van der Waals surface area contributed by atoms with Crippen LogP contribution in [0.4, 0.5) is 5.82 Å². The third-order valence-corrected chi connectivity index (χ3v) is 5.11. The molecule has 1 aliphatic heterocycles. The average Bonchev–Trinajstić information content (AvgIpc) is 2.99. The monoisotopic (exact) mass is 366 g/mol. The van der Waals surface area contributed by atoms with Crippen molar-refractivity contribution in [3.8, 4) is 0 Å². The minimum atomic E-state index is -0.0999. The Bertz CT molecular complexity index is 952. The van der Waals surface area contributed by atoms with Crippen LogP contribution in [-0.4, -0.2) is 60.9 Å². The molecule has 0 radical (unpaired) electrons. The van der Waals surface area contributed by atoms with E-state index in [-0.39, 0.29) is 5.41 Å². The Kier molecular flexibility index (Phi) is 4.30. The summed E-state index contributed by atoms with van der Waals surface area (Å²) in [6.07, 6.45) is 3.50. The van der Waals surface area contributed by atoms with Crippen LogP contribution in [0.3, 0.4) is 0 Å². The molecule has 8 nitrogen and oxygen atoms in total. The summed E-state index contributed by atoms with van der Waals surface area (Å²) in [5.41, 5.74) is 2.72. The Morgan fingerprint density at radius 2 is 1.85 bits per heavy atom. The average molecular weight is 366 g/mol. The molecule has 4 rings (SSSR count). The van der Waals surface area contributed by atoms with E-state index in [1.54, 1.807) is 12.4 Å². The second-order valence-corrected chi connectivity index (χ2v) is 8.30. The highest BCUT2D eigenvalue weighted by molar-refractivity contribution is 5.48. The Hall–Kier alpha value is -2.61. The molecule has 0 N–H and O–H groups in total. The van der Waals surface area contributed by atoms with Crippen LogP contribution in [0.2, 0.25) is 0 Å². The predicted molar refractivity (Wildman–Crippen MR) is 104 cm³/mol. The topological polar surface area (TPSA) is 75.3 Å². The van der Waals surface area contributed by atoms with E-state index in [9.17, 15) is 0 Å². The Morgan fingerprint density at radius 1 is 1.11 bits per heavy atom. The largest absolute Gasteiger partial charge is 0.352 e. The number of rotatable bonds is 4. The second kappa shape index (κ2) is 6.53. The summed E-state index contributed by atoms with van der Waals surface area (Å²) >= 11 is 0. The maximum atomic E-state index is 4.79. The summed E-state index contributed by atoms with van der Waals surface area (Å²) < 4.78 is 1.87. The van der Waals surface area contributed by atoms with Crippen LogP contribution in [0.25, 0.3) is 5.65 Å². The SMILES string of the molecule is Cc1nccnc1CN(C)C1CN(c2ccc3nnc(C(C)(C)C)n3n2)C1. The molecule has 8 heteroatoms. The molecule has 0 aliphatic carbocycles. The third-order valence-electron chi connectivity index (χ3n) is 5.11. The van der Waals surface area contributed by atoms with E-state index >= 15 is 0 Å². The van der Waals surface area contributed by atoms with Gasteiger partial charge in [-0.05, 0) is 26.1 Å². The molecule has 0 saturated carbocycles. The second-order valence-electron chi connectivity index (χ2n) is 8.30. The molecule has 0 atom stereocenters. The van der Waals surface area contributed by atoms with Crippen molar-refractivity contribution >= 4 is 11.5 Å². The van der Waals surface area contributed by atoms with Crippen molar-refractivity contribution in [3.05, 3.63) is 41.7 Å². The molecular weight excluding hydrogens is 340 g/mol. The number of fused-ring (bicyclic) bond motifs is 1.